The zero-order valence-corrected chi connectivity index (χ0v) is 9.81. The SMILES string of the molecule is CC(c1cncn(C)c1=O)N1CCNCC1. The monoisotopic (exact) mass is 222 g/mol. The van der Waals surface area contributed by atoms with Gasteiger partial charge in [0.15, 0.2) is 0 Å². The predicted octanol–water partition coefficient (Wildman–Crippen LogP) is -0.253. The molecule has 88 valence electrons. The van der Waals surface area contributed by atoms with Crippen molar-refractivity contribution in [3.05, 3.63) is 28.4 Å². The van der Waals surface area contributed by atoms with Gasteiger partial charge in [0.1, 0.15) is 0 Å². The molecule has 0 spiro atoms. The van der Waals surface area contributed by atoms with Crippen molar-refractivity contribution in [2.75, 3.05) is 26.2 Å². The smallest absolute Gasteiger partial charge is 0.257 e. The van der Waals surface area contributed by atoms with Gasteiger partial charge in [0.25, 0.3) is 5.56 Å². The van der Waals surface area contributed by atoms with Crippen molar-refractivity contribution < 1.29 is 0 Å². The minimum Gasteiger partial charge on any atom is -0.314 e. The van der Waals surface area contributed by atoms with Gasteiger partial charge >= 0.3 is 0 Å². The highest BCUT2D eigenvalue weighted by Crippen LogP contribution is 2.15. The summed E-state index contributed by atoms with van der Waals surface area (Å²) < 4.78 is 1.54. The normalized spacial score (nSPS) is 19.6. The largest absolute Gasteiger partial charge is 0.314 e. The summed E-state index contributed by atoms with van der Waals surface area (Å²) in [6, 6.07) is 0.148. The van der Waals surface area contributed by atoms with Crippen LogP contribution in [0, 0.1) is 0 Å². The Morgan fingerprint density at radius 2 is 2.12 bits per heavy atom. The highest BCUT2D eigenvalue weighted by Gasteiger charge is 2.20. The number of aryl methyl sites for hydroxylation is 1. The molecule has 0 aromatic carbocycles. The van der Waals surface area contributed by atoms with Crippen molar-refractivity contribution in [3.8, 4) is 0 Å². The quantitative estimate of drug-likeness (QED) is 0.749. The van der Waals surface area contributed by atoms with Crippen molar-refractivity contribution in [1.82, 2.24) is 19.8 Å². The van der Waals surface area contributed by atoms with Crippen LogP contribution in [-0.4, -0.2) is 40.6 Å². The Balaban J connectivity index is 2.22. The van der Waals surface area contributed by atoms with Gasteiger partial charge in [0.05, 0.1) is 11.9 Å². The maximum atomic E-state index is 11.9. The van der Waals surface area contributed by atoms with Crippen molar-refractivity contribution in [2.45, 2.75) is 13.0 Å². The molecule has 1 unspecified atom stereocenters. The highest BCUT2D eigenvalue weighted by molar-refractivity contribution is 5.10. The number of hydrogen-bond donors (Lipinski definition) is 1. The van der Waals surface area contributed by atoms with Crippen LogP contribution in [0.15, 0.2) is 17.3 Å². The first-order valence-corrected chi connectivity index (χ1v) is 5.65. The Labute approximate surface area is 95.1 Å². The van der Waals surface area contributed by atoms with Crippen LogP contribution in [0.3, 0.4) is 0 Å². The molecule has 0 aliphatic carbocycles. The average molecular weight is 222 g/mol. The lowest BCUT2D eigenvalue weighted by atomic mass is 10.1. The first-order valence-electron chi connectivity index (χ1n) is 5.65. The van der Waals surface area contributed by atoms with Crippen molar-refractivity contribution >= 4 is 0 Å². The molecule has 1 aliphatic heterocycles. The van der Waals surface area contributed by atoms with Gasteiger partial charge in [-0.05, 0) is 6.92 Å². The van der Waals surface area contributed by atoms with Gasteiger partial charge in [0.2, 0.25) is 0 Å². The van der Waals surface area contributed by atoms with E-state index in [-0.39, 0.29) is 11.6 Å². The molecule has 1 atom stereocenters. The molecule has 1 aromatic rings. The Morgan fingerprint density at radius 3 is 2.81 bits per heavy atom. The molecule has 1 fully saturated rings. The number of piperazine rings is 1. The van der Waals surface area contributed by atoms with E-state index in [1.165, 1.54) is 4.57 Å². The van der Waals surface area contributed by atoms with Crippen molar-refractivity contribution in [2.24, 2.45) is 7.05 Å². The lowest BCUT2D eigenvalue weighted by Crippen LogP contribution is -2.45. The van der Waals surface area contributed by atoms with E-state index in [0.717, 1.165) is 31.7 Å². The summed E-state index contributed by atoms with van der Waals surface area (Å²) in [5, 5.41) is 3.31. The fourth-order valence-corrected chi connectivity index (χ4v) is 2.08. The fraction of sp³-hybridized carbons (Fsp3) is 0.636. The maximum absolute atomic E-state index is 11.9. The third-order valence-corrected chi connectivity index (χ3v) is 3.17. The topological polar surface area (TPSA) is 50.2 Å². The molecule has 5 heteroatoms. The highest BCUT2D eigenvalue weighted by atomic mass is 16.1. The van der Waals surface area contributed by atoms with Crippen molar-refractivity contribution in [3.63, 3.8) is 0 Å². The van der Waals surface area contributed by atoms with E-state index in [1.807, 2.05) is 0 Å². The Hall–Kier alpha value is -1.20. The number of nitrogens with zero attached hydrogens (tertiary/aromatic N) is 3. The molecule has 2 heterocycles. The van der Waals surface area contributed by atoms with Gasteiger partial charge in [-0.2, -0.15) is 0 Å². The molecule has 2 rings (SSSR count). The van der Waals surface area contributed by atoms with E-state index in [1.54, 1.807) is 19.6 Å². The van der Waals surface area contributed by atoms with Crippen LogP contribution in [0.1, 0.15) is 18.5 Å². The van der Waals surface area contributed by atoms with Crippen molar-refractivity contribution in [1.29, 1.82) is 0 Å². The maximum Gasteiger partial charge on any atom is 0.257 e. The van der Waals surface area contributed by atoms with Crippen LogP contribution in [0.4, 0.5) is 0 Å². The first kappa shape index (κ1) is 11.3. The molecule has 0 radical (unpaired) electrons. The summed E-state index contributed by atoms with van der Waals surface area (Å²) in [5.41, 5.74) is 0.841. The molecule has 0 bridgehead atoms. The summed E-state index contributed by atoms with van der Waals surface area (Å²) in [5.74, 6) is 0. The standard InChI is InChI=1S/C11H18N4O/c1-9(15-5-3-12-4-6-15)10-7-13-8-14(2)11(10)16/h7-9,12H,3-6H2,1-2H3. The van der Waals surface area contributed by atoms with E-state index in [2.05, 4.69) is 22.1 Å². The van der Waals surface area contributed by atoms with E-state index < -0.39 is 0 Å². The second-order valence-electron chi connectivity index (χ2n) is 4.23. The Morgan fingerprint density at radius 1 is 1.44 bits per heavy atom. The molecule has 0 saturated carbocycles. The van der Waals surface area contributed by atoms with Gasteiger partial charge in [-0.15, -0.1) is 0 Å². The summed E-state index contributed by atoms with van der Waals surface area (Å²) in [4.78, 5) is 18.3. The molecular formula is C11H18N4O. The Kier molecular flexibility index (Phi) is 3.36. The third-order valence-electron chi connectivity index (χ3n) is 3.17. The predicted molar refractivity (Wildman–Crippen MR) is 62.3 cm³/mol. The van der Waals surface area contributed by atoms with E-state index >= 15 is 0 Å². The molecule has 1 saturated heterocycles. The van der Waals surface area contributed by atoms with Gasteiger partial charge < -0.3 is 9.88 Å². The van der Waals surface area contributed by atoms with E-state index in [0.29, 0.717) is 0 Å². The van der Waals surface area contributed by atoms with Gasteiger partial charge in [-0.25, -0.2) is 4.98 Å². The molecule has 1 aromatic heterocycles. The van der Waals surface area contributed by atoms with Crippen LogP contribution in [-0.2, 0) is 7.05 Å². The minimum atomic E-state index is 0.0565. The molecule has 1 N–H and O–H groups in total. The molecule has 5 nitrogen and oxygen atoms in total. The van der Waals surface area contributed by atoms with Gasteiger partial charge in [-0.1, -0.05) is 0 Å². The second-order valence-corrected chi connectivity index (χ2v) is 4.23. The number of hydrogen-bond acceptors (Lipinski definition) is 4. The molecular weight excluding hydrogens is 204 g/mol. The van der Waals surface area contributed by atoms with E-state index in [4.69, 9.17) is 0 Å². The number of aromatic nitrogens is 2. The summed E-state index contributed by atoms with van der Waals surface area (Å²) in [7, 11) is 1.74. The molecule has 0 amide bonds. The average Bonchev–Trinajstić information content (AvgIpc) is 2.33. The van der Waals surface area contributed by atoms with Crippen LogP contribution in [0.2, 0.25) is 0 Å². The molecule has 1 aliphatic rings. The minimum absolute atomic E-state index is 0.0565. The van der Waals surface area contributed by atoms with Crippen LogP contribution >= 0.6 is 0 Å². The van der Waals surface area contributed by atoms with Crippen LogP contribution in [0.25, 0.3) is 0 Å². The molecule has 16 heavy (non-hydrogen) atoms. The zero-order valence-electron chi connectivity index (χ0n) is 9.81. The Bertz CT molecular complexity index is 409. The fourth-order valence-electron chi connectivity index (χ4n) is 2.08. The third kappa shape index (κ3) is 2.15. The van der Waals surface area contributed by atoms with Crippen LogP contribution in [0.5, 0.6) is 0 Å². The zero-order chi connectivity index (χ0) is 11.5. The lowest BCUT2D eigenvalue weighted by Gasteiger charge is -2.32. The van der Waals surface area contributed by atoms with Gasteiger partial charge in [-0.3, -0.25) is 9.69 Å². The summed E-state index contributed by atoms with van der Waals surface area (Å²) in [6.45, 7) is 6.03. The van der Waals surface area contributed by atoms with Gasteiger partial charge in [0, 0.05) is 45.5 Å². The number of nitrogens with one attached hydrogen (secondary N) is 1. The van der Waals surface area contributed by atoms with Crippen LogP contribution < -0.4 is 10.9 Å². The second kappa shape index (κ2) is 4.76. The summed E-state index contributed by atoms with van der Waals surface area (Å²) >= 11 is 0. The lowest BCUT2D eigenvalue weighted by molar-refractivity contribution is 0.184. The number of rotatable bonds is 2. The van der Waals surface area contributed by atoms with E-state index in [9.17, 15) is 4.79 Å². The first-order chi connectivity index (χ1) is 7.70. The summed E-state index contributed by atoms with van der Waals surface area (Å²) in [6.07, 6.45) is 3.24.